The van der Waals surface area contributed by atoms with E-state index < -0.39 is 0 Å². The second-order valence-electron chi connectivity index (χ2n) is 5.72. The highest BCUT2D eigenvalue weighted by Gasteiger charge is 2.31. The minimum Gasteiger partial charge on any atom is -0.497 e. The highest BCUT2D eigenvalue weighted by Crippen LogP contribution is 2.25. The van der Waals surface area contributed by atoms with Gasteiger partial charge < -0.3 is 14.8 Å². The summed E-state index contributed by atoms with van der Waals surface area (Å²) in [5, 5.41) is 3.66. The first kappa shape index (κ1) is 15.3. The van der Waals surface area contributed by atoms with Gasteiger partial charge in [-0.1, -0.05) is 26.0 Å². The molecule has 3 nitrogen and oxygen atoms in total. The lowest BCUT2D eigenvalue weighted by molar-refractivity contribution is 0.0610. The third-order valence-corrected chi connectivity index (χ3v) is 4.09. The molecule has 1 N–H and O–H groups in total. The van der Waals surface area contributed by atoms with Gasteiger partial charge in [-0.05, 0) is 49.4 Å². The average molecular weight is 277 g/mol. The van der Waals surface area contributed by atoms with Crippen molar-refractivity contribution < 1.29 is 9.47 Å². The molecule has 0 bridgehead atoms. The van der Waals surface area contributed by atoms with Crippen molar-refractivity contribution in [2.45, 2.75) is 45.3 Å². The minimum atomic E-state index is 0.327. The van der Waals surface area contributed by atoms with Gasteiger partial charge in [0.05, 0.1) is 13.2 Å². The van der Waals surface area contributed by atoms with Gasteiger partial charge in [-0.2, -0.15) is 0 Å². The van der Waals surface area contributed by atoms with Gasteiger partial charge in [-0.25, -0.2) is 0 Å². The molecule has 1 aliphatic rings. The van der Waals surface area contributed by atoms with Crippen molar-refractivity contribution in [3.05, 3.63) is 29.8 Å². The van der Waals surface area contributed by atoms with Crippen LogP contribution in [0, 0.1) is 5.92 Å². The Morgan fingerprint density at radius 2 is 2.30 bits per heavy atom. The van der Waals surface area contributed by atoms with E-state index in [2.05, 4.69) is 37.4 Å². The lowest BCUT2D eigenvalue weighted by Gasteiger charge is -2.27. The van der Waals surface area contributed by atoms with Gasteiger partial charge in [-0.15, -0.1) is 0 Å². The van der Waals surface area contributed by atoms with Gasteiger partial charge in [0, 0.05) is 12.6 Å². The normalized spacial score (nSPS) is 23.8. The van der Waals surface area contributed by atoms with Crippen LogP contribution in [-0.2, 0) is 11.2 Å². The van der Waals surface area contributed by atoms with Crippen LogP contribution < -0.4 is 10.1 Å². The highest BCUT2D eigenvalue weighted by atomic mass is 16.5. The Bertz CT molecular complexity index is 408. The zero-order chi connectivity index (χ0) is 14.4. The first-order valence-electron chi connectivity index (χ1n) is 7.72. The summed E-state index contributed by atoms with van der Waals surface area (Å²) in [5.74, 6) is 1.56. The van der Waals surface area contributed by atoms with Gasteiger partial charge in [0.1, 0.15) is 5.75 Å². The van der Waals surface area contributed by atoms with E-state index in [-0.39, 0.29) is 0 Å². The number of rotatable bonds is 7. The molecule has 1 saturated heterocycles. The Morgan fingerprint density at radius 3 is 2.95 bits per heavy atom. The van der Waals surface area contributed by atoms with E-state index in [1.165, 1.54) is 12.0 Å². The van der Waals surface area contributed by atoms with Crippen LogP contribution in [0.4, 0.5) is 0 Å². The number of methoxy groups -OCH3 is 1. The molecule has 1 aromatic carbocycles. The Balaban J connectivity index is 2.05. The molecule has 2 rings (SSSR count). The molecule has 3 heteroatoms. The zero-order valence-corrected chi connectivity index (χ0v) is 12.9. The predicted octanol–water partition coefficient (Wildman–Crippen LogP) is 3.03. The molecule has 0 saturated carbocycles. The highest BCUT2D eigenvalue weighted by molar-refractivity contribution is 5.29. The molecule has 112 valence electrons. The molecule has 1 heterocycles. The number of hydrogen-bond acceptors (Lipinski definition) is 3. The second kappa shape index (κ2) is 7.65. The topological polar surface area (TPSA) is 30.5 Å². The Labute approximate surface area is 122 Å². The summed E-state index contributed by atoms with van der Waals surface area (Å²) in [4.78, 5) is 0. The molecule has 0 amide bonds. The van der Waals surface area contributed by atoms with Crippen molar-refractivity contribution in [3.8, 4) is 5.75 Å². The number of nitrogens with one attached hydrogen (secondary N) is 1. The summed E-state index contributed by atoms with van der Waals surface area (Å²) in [6, 6.07) is 8.74. The number of hydrogen-bond donors (Lipinski definition) is 1. The molecule has 1 aliphatic heterocycles. The Kier molecular flexibility index (Phi) is 5.86. The van der Waals surface area contributed by atoms with Gasteiger partial charge in [-0.3, -0.25) is 0 Å². The van der Waals surface area contributed by atoms with E-state index >= 15 is 0 Å². The molecular formula is C17H27NO2. The zero-order valence-electron chi connectivity index (χ0n) is 12.9. The van der Waals surface area contributed by atoms with Crippen LogP contribution in [0.1, 0.15) is 32.3 Å². The summed E-state index contributed by atoms with van der Waals surface area (Å²) >= 11 is 0. The van der Waals surface area contributed by atoms with E-state index in [9.17, 15) is 0 Å². The van der Waals surface area contributed by atoms with Crippen LogP contribution >= 0.6 is 0 Å². The smallest absolute Gasteiger partial charge is 0.119 e. The van der Waals surface area contributed by atoms with E-state index in [0.29, 0.717) is 18.1 Å². The summed E-state index contributed by atoms with van der Waals surface area (Å²) in [7, 11) is 1.72. The molecule has 1 fully saturated rings. The molecule has 0 aromatic heterocycles. The monoisotopic (exact) mass is 277 g/mol. The fourth-order valence-electron chi connectivity index (χ4n) is 2.92. The molecule has 20 heavy (non-hydrogen) atoms. The lowest BCUT2D eigenvalue weighted by Crippen LogP contribution is -2.44. The summed E-state index contributed by atoms with van der Waals surface area (Å²) < 4.78 is 11.3. The third-order valence-electron chi connectivity index (χ3n) is 4.09. The lowest BCUT2D eigenvalue weighted by atomic mass is 9.92. The Morgan fingerprint density at radius 1 is 1.45 bits per heavy atom. The van der Waals surface area contributed by atoms with E-state index in [4.69, 9.17) is 9.47 Å². The maximum Gasteiger partial charge on any atom is 0.119 e. The summed E-state index contributed by atoms with van der Waals surface area (Å²) in [6.45, 7) is 6.44. The van der Waals surface area contributed by atoms with Gasteiger partial charge in [0.15, 0.2) is 0 Å². The van der Waals surface area contributed by atoms with E-state index in [0.717, 1.165) is 31.7 Å². The summed E-state index contributed by atoms with van der Waals surface area (Å²) in [5.41, 5.74) is 1.31. The van der Waals surface area contributed by atoms with Gasteiger partial charge >= 0.3 is 0 Å². The molecular weight excluding hydrogens is 250 g/mol. The first-order chi connectivity index (χ1) is 9.74. The quantitative estimate of drug-likeness (QED) is 0.831. The van der Waals surface area contributed by atoms with E-state index in [1.807, 2.05) is 6.07 Å². The van der Waals surface area contributed by atoms with Crippen LogP contribution in [0.25, 0.3) is 0 Å². The molecule has 0 radical (unpaired) electrons. The molecule has 3 unspecified atom stereocenters. The van der Waals surface area contributed by atoms with E-state index in [1.54, 1.807) is 7.11 Å². The first-order valence-corrected chi connectivity index (χ1v) is 7.72. The fraction of sp³-hybridized carbons (Fsp3) is 0.647. The number of ether oxygens (including phenoxy) is 2. The average Bonchev–Trinajstić information content (AvgIpc) is 2.90. The number of benzene rings is 1. The van der Waals surface area contributed by atoms with Crippen LogP contribution in [0.3, 0.4) is 0 Å². The third kappa shape index (κ3) is 3.97. The van der Waals surface area contributed by atoms with Gasteiger partial charge in [0.2, 0.25) is 0 Å². The molecule has 0 spiro atoms. The van der Waals surface area contributed by atoms with Crippen LogP contribution in [0.15, 0.2) is 24.3 Å². The van der Waals surface area contributed by atoms with Crippen molar-refractivity contribution in [2.24, 2.45) is 5.92 Å². The summed E-state index contributed by atoms with van der Waals surface area (Å²) in [6.07, 6.45) is 3.64. The maximum absolute atomic E-state index is 5.96. The van der Waals surface area contributed by atoms with Crippen LogP contribution in [0.2, 0.25) is 0 Å². The van der Waals surface area contributed by atoms with Crippen molar-refractivity contribution in [1.29, 1.82) is 0 Å². The largest absolute Gasteiger partial charge is 0.497 e. The minimum absolute atomic E-state index is 0.327. The van der Waals surface area contributed by atoms with Crippen molar-refractivity contribution >= 4 is 0 Å². The second-order valence-corrected chi connectivity index (χ2v) is 5.72. The van der Waals surface area contributed by atoms with Gasteiger partial charge in [0.25, 0.3) is 0 Å². The Hall–Kier alpha value is -1.06. The molecule has 1 aromatic rings. The van der Waals surface area contributed by atoms with Crippen LogP contribution in [-0.4, -0.2) is 32.4 Å². The van der Waals surface area contributed by atoms with Crippen molar-refractivity contribution in [3.63, 3.8) is 0 Å². The predicted molar refractivity (Wildman–Crippen MR) is 82.3 cm³/mol. The SMILES string of the molecule is CCCNC(Cc1cccc(OC)c1)C1OCCC1C. The van der Waals surface area contributed by atoms with Crippen LogP contribution in [0.5, 0.6) is 5.75 Å². The fourth-order valence-corrected chi connectivity index (χ4v) is 2.92. The molecule has 0 aliphatic carbocycles. The standard InChI is InChI=1S/C17H27NO2/c1-4-9-18-16(17-13(2)8-10-20-17)12-14-6-5-7-15(11-14)19-3/h5-7,11,13,16-18H,4,8-10,12H2,1-3H3. The van der Waals surface area contributed by atoms with Crippen molar-refractivity contribution in [2.75, 3.05) is 20.3 Å². The maximum atomic E-state index is 5.96. The van der Waals surface area contributed by atoms with Crippen molar-refractivity contribution in [1.82, 2.24) is 5.32 Å². The molecule has 3 atom stereocenters.